The highest BCUT2D eigenvalue weighted by atomic mass is 32.1. The molecule has 2 fully saturated rings. The molecule has 1 unspecified atom stereocenters. The van der Waals surface area contributed by atoms with E-state index in [9.17, 15) is 4.79 Å². The maximum Gasteiger partial charge on any atom is 0.226 e. The Kier molecular flexibility index (Phi) is 6.81. The number of aryl methyl sites for hydroxylation is 1. The minimum Gasteiger partial charge on any atom is -0.378 e. The molecule has 3 aliphatic rings. The largest absolute Gasteiger partial charge is 0.378 e. The van der Waals surface area contributed by atoms with Crippen molar-refractivity contribution in [2.75, 3.05) is 63.7 Å². The number of H-pyrrole nitrogens is 1. The lowest BCUT2D eigenvalue weighted by atomic mass is 9.86. The maximum atomic E-state index is 13.2. The number of carbonyl (C=O) groups is 1. The number of aromatic amines is 1. The van der Waals surface area contributed by atoms with E-state index in [1.54, 1.807) is 17.7 Å². The van der Waals surface area contributed by atoms with Crippen LogP contribution in [-0.4, -0.2) is 95.4 Å². The van der Waals surface area contributed by atoms with Crippen molar-refractivity contribution < 1.29 is 9.53 Å². The summed E-state index contributed by atoms with van der Waals surface area (Å²) in [5, 5.41) is 13.3. The maximum absolute atomic E-state index is 13.2. The van der Waals surface area contributed by atoms with Gasteiger partial charge in [-0.05, 0) is 63.9 Å². The fraction of sp³-hybridized carbons (Fsp3) is 0.517. The van der Waals surface area contributed by atoms with E-state index in [-0.39, 0.29) is 11.8 Å². The van der Waals surface area contributed by atoms with Crippen molar-refractivity contribution in [3.05, 3.63) is 35.1 Å². The molecule has 1 amide bonds. The molecule has 11 heteroatoms. The van der Waals surface area contributed by atoms with Crippen LogP contribution >= 0.6 is 11.3 Å². The second-order valence-electron chi connectivity index (χ2n) is 11.4. The topological polar surface area (TPSA) is 103 Å². The Morgan fingerprint density at radius 2 is 1.95 bits per heavy atom. The lowest BCUT2D eigenvalue weighted by Gasteiger charge is -2.37. The van der Waals surface area contributed by atoms with Gasteiger partial charge >= 0.3 is 0 Å². The van der Waals surface area contributed by atoms with Gasteiger partial charge in [-0.15, -0.1) is 11.3 Å². The van der Waals surface area contributed by atoms with Crippen molar-refractivity contribution in [1.82, 2.24) is 30.0 Å². The van der Waals surface area contributed by atoms with Gasteiger partial charge in [-0.3, -0.25) is 9.89 Å². The summed E-state index contributed by atoms with van der Waals surface area (Å²) >= 11 is 1.71. The van der Waals surface area contributed by atoms with E-state index >= 15 is 0 Å². The minimum atomic E-state index is 0.0308. The predicted molar refractivity (Wildman–Crippen MR) is 159 cm³/mol. The molecule has 0 bridgehead atoms. The molecule has 2 aliphatic heterocycles. The molecule has 2 N–H and O–H groups in total. The van der Waals surface area contributed by atoms with Gasteiger partial charge in [0.05, 0.1) is 41.7 Å². The van der Waals surface area contributed by atoms with Crippen LogP contribution in [0.2, 0.25) is 0 Å². The zero-order chi connectivity index (χ0) is 27.2. The molecule has 3 aromatic heterocycles. The number of rotatable bonds is 5. The summed E-state index contributed by atoms with van der Waals surface area (Å²) in [6.07, 6.45) is 8.29. The summed E-state index contributed by atoms with van der Waals surface area (Å²) in [4.78, 5) is 31.7. The molecule has 0 radical (unpaired) electrons. The lowest BCUT2D eigenvalue weighted by Crippen LogP contribution is -2.44. The first kappa shape index (κ1) is 25.7. The van der Waals surface area contributed by atoms with Gasteiger partial charge in [-0.25, -0.2) is 9.97 Å². The molecule has 1 aromatic carbocycles. The summed E-state index contributed by atoms with van der Waals surface area (Å²) in [7, 11) is 4.35. The van der Waals surface area contributed by atoms with Crippen LogP contribution in [0.3, 0.4) is 0 Å². The van der Waals surface area contributed by atoms with Crippen LogP contribution in [0.25, 0.3) is 21.1 Å². The zero-order valence-corrected chi connectivity index (χ0v) is 24.0. The van der Waals surface area contributed by atoms with Crippen molar-refractivity contribution in [3.8, 4) is 0 Å². The van der Waals surface area contributed by atoms with Gasteiger partial charge in [0.1, 0.15) is 17.0 Å². The Balaban J connectivity index is 1.19. The number of ether oxygens (including phenoxy) is 1. The van der Waals surface area contributed by atoms with Crippen LogP contribution in [-0.2, 0) is 22.4 Å². The summed E-state index contributed by atoms with van der Waals surface area (Å²) < 4.78 is 5.45. The number of aromatic nitrogens is 4. The van der Waals surface area contributed by atoms with E-state index in [2.05, 4.69) is 56.5 Å². The predicted octanol–water partition coefficient (Wildman–Crippen LogP) is 3.81. The van der Waals surface area contributed by atoms with E-state index in [1.807, 2.05) is 11.1 Å². The number of nitrogens with one attached hydrogen (secondary N) is 2. The molecule has 1 atom stereocenters. The molecule has 4 aromatic rings. The molecule has 1 aliphatic carbocycles. The Morgan fingerprint density at radius 3 is 2.75 bits per heavy atom. The van der Waals surface area contributed by atoms with Crippen molar-refractivity contribution >= 4 is 55.6 Å². The van der Waals surface area contributed by atoms with Gasteiger partial charge < -0.3 is 24.8 Å². The monoisotopic (exact) mass is 560 g/mol. The van der Waals surface area contributed by atoms with Crippen LogP contribution in [0.1, 0.15) is 29.7 Å². The quantitative estimate of drug-likeness (QED) is 0.380. The normalized spacial score (nSPS) is 20.4. The van der Waals surface area contributed by atoms with Crippen molar-refractivity contribution in [1.29, 1.82) is 0 Å². The Morgan fingerprint density at radius 1 is 1.12 bits per heavy atom. The number of carbonyl (C=O) groups excluding carboxylic acids is 1. The smallest absolute Gasteiger partial charge is 0.226 e. The standard InChI is InChI=1S/C29H36N8O2S/c1-35(2)20-5-7-36(8-6-20)24-15-22-19(16-32-34-22)13-23(24)33-27-26-21-4-3-18(29(38)37-9-11-39-12-10-37)14-25(21)40-28(26)31-17-30-27/h13,15-18,20H,3-12,14H2,1-2H3,(H,32,34)(H,30,31,33). The number of thiophene rings is 1. The summed E-state index contributed by atoms with van der Waals surface area (Å²) in [5.41, 5.74) is 4.54. The van der Waals surface area contributed by atoms with Gasteiger partial charge in [0, 0.05) is 48.4 Å². The SMILES string of the molecule is CN(C)C1CCN(c2cc3[nH]ncc3cc2Nc2ncnc3sc4c(c23)CCC(C(=O)N2CCOCC2)C4)CC1. The number of hydrogen-bond acceptors (Lipinski definition) is 9. The Bertz CT molecular complexity index is 1530. The van der Waals surface area contributed by atoms with Gasteiger partial charge in [-0.2, -0.15) is 5.10 Å². The van der Waals surface area contributed by atoms with E-state index in [0.29, 0.717) is 32.3 Å². The molecular formula is C29H36N8O2S. The highest BCUT2D eigenvalue weighted by Crippen LogP contribution is 2.42. The number of amides is 1. The minimum absolute atomic E-state index is 0.0308. The first-order valence-corrected chi connectivity index (χ1v) is 15.1. The Hall–Kier alpha value is -3.28. The third-order valence-corrected chi connectivity index (χ3v) is 10.0. The first-order chi connectivity index (χ1) is 19.5. The number of nitrogens with zero attached hydrogens (tertiary/aromatic N) is 6. The molecule has 10 nitrogen and oxygen atoms in total. The second-order valence-corrected chi connectivity index (χ2v) is 12.5. The molecular weight excluding hydrogens is 524 g/mol. The van der Waals surface area contributed by atoms with Crippen LogP contribution < -0.4 is 10.2 Å². The highest BCUT2D eigenvalue weighted by Gasteiger charge is 2.32. The molecule has 40 heavy (non-hydrogen) atoms. The summed E-state index contributed by atoms with van der Waals surface area (Å²) in [5.74, 6) is 1.14. The fourth-order valence-corrected chi connectivity index (χ4v) is 7.82. The van der Waals surface area contributed by atoms with Crippen LogP contribution in [0.5, 0.6) is 0 Å². The fourth-order valence-electron chi connectivity index (χ4n) is 6.55. The average molecular weight is 561 g/mol. The molecule has 7 rings (SSSR count). The van der Waals surface area contributed by atoms with E-state index in [1.165, 1.54) is 16.1 Å². The molecule has 0 spiro atoms. The van der Waals surface area contributed by atoms with Gasteiger partial charge in [0.15, 0.2) is 0 Å². The van der Waals surface area contributed by atoms with E-state index in [0.717, 1.165) is 77.8 Å². The van der Waals surface area contributed by atoms with Crippen molar-refractivity contribution in [3.63, 3.8) is 0 Å². The third kappa shape index (κ3) is 4.69. The van der Waals surface area contributed by atoms with Crippen LogP contribution in [0.4, 0.5) is 17.2 Å². The number of piperidine rings is 1. The van der Waals surface area contributed by atoms with Crippen LogP contribution in [0, 0.1) is 5.92 Å². The van der Waals surface area contributed by atoms with Crippen molar-refractivity contribution in [2.24, 2.45) is 5.92 Å². The van der Waals surface area contributed by atoms with Gasteiger partial charge in [-0.1, -0.05) is 0 Å². The summed E-state index contributed by atoms with van der Waals surface area (Å²) in [6, 6.07) is 5.00. The van der Waals surface area contributed by atoms with E-state index in [4.69, 9.17) is 9.72 Å². The van der Waals surface area contributed by atoms with Crippen molar-refractivity contribution in [2.45, 2.75) is 38.1 Å². The summed E-state index contributed by atoms with van der Waals surface area (Å²) in [6.45, 7) is 4.68. The lowest BCUT2D eigenvalue weighted by molar-refractivity contribution is -0.140. The number of hydrogen-bond donors (Lipinski definition) is 2. The average Bonchev–Trinajstić information content (AvgIpc) is 3.61. The number of benzene rings is 1. The molecule has 5 heterocycles. The van der Waals surface area contributed by atoms with E-state index < -0.39 is 0 Å². The highest BCUT2D eigenvalue weighted by molar-refractivity contribution is 7.19. The Labute approximate surface area is 237 Å². The second kappa shape index (κ2) is 10.6. The van der Waals surface area contributed by atoms with Crippen LogP contribution in [0.15, 0.2) is 24.7 Å². The number of fused-ring (bicyclic) bond motifs is 4. The third-order valence-electron chi connectivity index (χ3n) is 8.86. The molecule has 0 saturated carbocycles. The number of anilines is 3. The number of morpholine rings is 1. The first-order valence-electron chi connectivity index (χ1n) is 14.3. The molecule has 210 valence electrons. The van der Waals surface area contributed by atoms with Gasteiger partial charge in [0.2, 0.25) is 5.91 Å². The molecule has 2 saturated heterocycles. The zero-order valence-electron chi connectivity index (χ0n) is 23.2. The van der Waals surface area contributed by atoms with Gasteiger partial charge in [0.25, 0.3) is 0 Å².